The Bertz CT molecular complexity index is 1790. The summed E-state index contributed by atoms with van der Waals surface area (Å²) in [6.07, 6.45) is 36.4. The van der Waals surface area contributed by atoms with Crippen LogP contribution in [0.2, 0.25) is 0 Å². The molecule has 3 heterocycles. The molecular weight excluding hydrogens is 1170 g/mol. The quantitative estimate of drug-likeness (QED) is 0.0199. The van der Waals surface area contributed by atoms with Crippen LogP contribution >= 0.6 is 0 Å². The molecule has 19 nitrogen and oxygen atoms in total. The monoisotopic (exact) mass is 1300 g/mol. The minimum atomic E-state index is -1.97. The highest BCUT2D eigenvalue weighted by Gasteiger charge is 2.53. The smallest absolute Gasteiger partial charge is 0.220 e. The molecule has 534 valence electrons. The van der Waals surface area contributed by atoms with Crippen LogP contribution < -0.4 is 5.32 Å². The summed E-state index contributed by atoms with van der Waals surface area (Å²) in [5.74, 6) is -0.252. The molecule has 0 aliphatic carbocycles. The van der Waals surface area contributed by atoms with Gasteiger partial charge < -0.3 is 89.9 Å². The maximum absolute atomic E-state index is 13.4. The summed E-state index contributed by atoms with van der Waals surface area (Å²) in [5, 5.41) is 121. The first-order valence-electron chi connectivity index (χ1n) is 36.7. The maximum atomic E-state index is 13.4. The molecule has 0 bridgehead atoms. The minimum Gasteiger partial charge on any atom is -0.394 e. The highest BCUT2D eigenvalue weighted by atomic mass is 16.8. The van der Waals surface area contributed by atoms with Gasteiger partial charge in [-0.15, -0.1) is 0 Å². The molecular formula is C72H133NO18. The number of ether oxygens (including phenoxy) is 6. The highest BCUT2D eigenvalue weighted by Crippen LogP contribution is 2.33. The van der Waals surface area contributed by atoms with E-state index in [-0.39, 0.29) is 18.9 Å². The van der Waals surface area contributed by atoms with E-state index in [0.717, 1.165) is 77.0 Å². The van der Waals surface area contributed by atoms with Crippen LogP contribution in [0.1, 0.15) is 284 Å². The van der Waals surface area contributed by atoms with Crippen molar-refractivity contribution in [1.29, 1.82) is 0 Å². The molecule has 12 N–H and O–H groups in total. The second kappa shape index (κ2) is 54.1. The SMILES string of the molecule is CCCCCCC/C=C\C/C=C\C/C=C\CCCCCCCCC(=O)NC(COC1OC(CO)C(OC2OC(CO)C(OC3OC(CO)C(O)C(O)C3O)C(O)C2O)C(O)C1O)C(O)CCCCCCCCCCCCCCCCCCCCCCCCCCC. The van der Waals surface area contributed by atoms with Crippen molar-refractivity contribution >= 4 is 5.91 Å². The average Bonchev–Trinajstić information content (AvgIpc) is 0.883. The number of carbonyl (C=O) groups is 1. The number of hydrogen-bond acceptors (Lipinski definition) is 18. The van der Waals surface area contributed by atoms with Crippen LogP contribution in [0.15, 0.2) is 36.5 Å². The Kier molecular flexibility index (Phi) is 49.5. The van der Waals surface area contributed by atoms with Gasteiger partial charge in [-0.05, 0) is 51.4 Å². The van der Waals surface area contributed by atoms with Crippen molar-refractivity contribution in [3.8, 4) is 0 Å². The van der Waals surface area contributed by atoms with Gasteiger partial charge in [0.25, 0.3) is 0 Å². The van der Waals surface area contributed by atoms with E-state index in [4.69, 9.17) is 28.4 Å². The van der Waals surface area contributed by atoms with E-state index >= 15 is 0 Å². The van der Waals surface area contributed by atoms with Crippen molar-refractivity contribution in [3.63, 3.8) is 0 Å². The van der Waals surface area contributed by atoms with E-state index in [1.165, 1.54) is 173 Å². The number of rotatable bonds is 57. The van der Waals surface area contributed by atoms with Crippen LogP contribution in [0.4, 0.5) is 0 Å². The van der Waals surface area contributed by atoms with Crippen molar-refractivity contribution < 1.29 is 89.4 Å². The molecule has 3 rings (SSSR count). The summed E-state index contributed by atoms with van der Waals surface area (Å²) in [4.78, 5) is 13.4. The molecule has 3 fully saturated rings. The number of unbranched alkanes of at least 4 members (excludes halogenated alkanes) is 35. The van der Waals surface area contributed by atoms with Gasteiger partial charge in [-0.2, -0.15) is 0 Å². The second-order valence-corrected chi connectivity index (χ2v) is 26.4. The normalized spacial score (nSPS) is 28.0. The van der Waals surface area contributed by atoms with Gasteiger partial charge in [-0.1, -0.05) is 262 Å². The largest absolute Gasteiger partial charge is 0.394 e. The number of aliphatic hydroxyl groups excluding tert-OH is 11. The second-order valence-electron chi connectivity index (χ2n) is 26.4. The zero-order valence-corrected chi connectivity index (χ0v) is 56.6. The van der Waals surface area contributed by atoms with Crippen LogP contribution in [0, 0.1) is 0 Å². The fourth-order valence-electron chi connectivity index (χ4n) is 12.5. The summed E-state index contributed by atoms with van der Waals surface area (Å²) in [7, 11) is 0. The van der Waals surface area contributed by atoms with E-state index < -0.39 is 124 Å². The van der Waals surface area contributed by atoms with Crippen molar-refractivity contribution in [1.82, 2.24) is 5.32 Å². The first-order valence-corrected chi connectivity index (χ1v) is 36.7. The molecule has 91 heavy (non-hydrogen) atoms. The van der Waals surface area contributed by atoms with Crippen LogP contribution in [0.3, 0.4) is 0 Å². The first kappa shape index (κ1) is 83.2. The Hall–Kier alpha value is -1.99. The Balaban J connectivity index is 1.42. The number of hydrogen-bond donors (Lipinski definition) is 12. The minimum absolute atomic E-state index is 0.252. The first-order chi connectivity index (χ1) is 44.3. The summed E-state index contributed by atoms with van der Waals surface area (Å²) in [6, 6.07) is -0.896. The summed E-state index contributed by atoms with van der Waals surface area (Å²) < 4.78 is 34.5. The van der Waals surface area contributed by atoms with Gasteiger partial charge >= 0.3 is 0 Å². The van der Waals surface area contributed by atoms with Crippen LogP contribution in [-0.2, 0) is 33.2 Å². The lowest BCUT2D eigenvalue weighted by Crippen LogP contribution is -2.66. The predicted octanol–water partition coefficient (Wildman–Crippen LogP) is 10.4. The fourth-order valence-corrected chi connectivity index (χ4v) is 12.5. The molecule has 17 unspecified atom stereocenters. The maximum Gasteiger partial charge on any atom is 0.220 e. The topological polar surface area (TPSA) is 307 Å². The molecule has 0 aromatic heterocycles. The van der Waals surface area contributed by atoms with Crippen molar-refractivity contribution in [2.75, 3.05) is 26.4 Å². The standard InChI is InChI=1S/C72H133NO18/c1-3-5-7-9-11-13-15-17-19-21-23-25-26-27-28-30-31-33-35-37-39-41-43-45-47-49-56(77)55(73-60(78)50-48-46-44-42-40-38-36-34-32-29-24-22-20-18-16-14-12-10-8-6-4-2)54-86-70-66(84)63(81)68(58(52-75)88-70)91-72-67(85)64(82)69(59(53-76)89-72)90-71-65(83)62(80)61(79)57(51-74)87-71/h16,18,22,24,32,34,55-59,61-72,74-77,79-85H,3-15,17,19-21,23,25-31,33,35-54H2,1-2H3,(H,73,78)/b18-16-,24-22-,34-32-. The Labute approximate surface area is 549 Å². The van der Waals surface area contributed by atoms with Gasteiger partial charge in [0, 0.05) is 6.42 Å². The lowest BCUT2D eigenvalue weighted by molar-refractivity contribution is -0.379. The highest BCUT2D eigenvalue weighted by molar-refractivity contribution is 5.76. The molecule has 1 amide bonds. The summed E-state index contributed by atoms with van der Waals surface area (Å²) in [5.41, 5.74) is 0. The Morgan fingerprint density at radius 3 is 1.13 bits per heavy atom. The molecule has 0 aromatic rings. The third-order valence-corrected chi connectivity index (χ3v) is 18.5. The van der Waals surface area contributed by atoms with Gasteiger partial charge in [0.05, 0.1) is 38.6 Å². The molecule has 0 aromatic carbocycles. The average molecular weight is 1300 g/mol. The zero-order chi connectivity index (χ0) is 66.1. The molecule has 3 saturated heterocycles. The molecule has 0 spiro atoms. The van der Waals surface area contributed by atoms with E-state index in [0.29, 0.717) is 12.8 Å². The van der Waals surface area contributed by atoms with E-state index in [9.17, 15) is 61.0 Å². The number of amides is 1. The van der Waals surface area contributed by atoms with Gasteiger partial charge in [0.15, 0.2) is 18.9 Å². The molecule has 3 aliphatic rings. The van der Waals surface area contributed by atoms with Gasteiger partial charge in [0.1, 0.15) is 73.2 Å². The van der Waals surface area contributed by atoms with Gasteiger partial charge in [-0.25, -0.2) is 0 Å². The molecule has 3 aliphatic heterocycles. The Morgan fingerprint density at radius 2 is 0.725 bits per heavy atom. The lowest BCUT2D eigenvalue weighted by atomic mass is 9.96. The van der Waals surface area contributed by atoms with Crippen molar-refractivity contribution in [2.24, 2.45) is 0 Å². The van der Waals surface area contributed by atoms with Crippen LogP contribution in [0.25, 0.3) is 0 Å². The van der Waals surface area contributed by atoms with E-state index in [1.54, 1.807) is 0 Å². The number of aliphatic hydroxyl groups is 11. The van der Waals surface area contributed by atoms with E-state index in [1.807, 2.05) is 0 Å². The van der Waals surface area contributed by atoms with Gasteiger partial charge in [-0.3, -0.25) is 4.79 Å². The summed E-state index contributed by atoms with van der Waals surface area (Å²) >= 11 is 0. The van der Waals surface area contributed by atoms with Crippen molar-refractivity contribution in [3.05, 3.63) is 36.5 Å². The third-order valence-electron chi connectivity index (χ3n) is 18.5. The number of nitrogens with one attached hydrogen (secondary N) is 1. The third kappa shape index (κ3) is 35.7. The van der Waals surface area contributed by atoms with Crippen molar-refractivity contribution in [2.45, 2.75) is 388 Å². The summed E-state index contributed by atoms with van der Waals surface area (Å²) in [6.45, 7) is 1.81. The van der Waals surface area contributed by atoms with Gasteiger partial charge in [0.2, 0.25) is 5.91 Å². The molecule has 17 atom stereocenters. The number of allylic oxidation sites excluding steroid dienone is 6. The molecule has 0 radical (unpaired) electrons. The zero-order valence-electron chi connectivity index (χ0n) is 56.6. The van der Waals surface area contributed by atoms with Crippen LogP contribution in [-0.4, -0.2) is 193 Å². The molecule has 19 heteroatoms. The van der Waals surface area contributed by atoms with E-state index in [2.05, 4.69) is 55.6 Å². The molecule has 0 saturated carbocycles. The lowest BCUT2D eigenvalue weighted by Gasteiger charge is -2.48. The Morgan fingerprint density at radius 1 is 0.396 bits per heavy atom. The van der Waals surface area contributed by atoms with Crippen LogP contribution in [0.5, 0.6) is 0 Å². The number of carbonyl (C=O) groups excluding carboxylic acids is 1. The fraction of sp³-hybridized carbons (Fsp3) is 0.903. The predicted molar refractivity (Wildman–Crippen MR) is 356 cm³/mol.